The summed E-state index contributed by atoms with van der Waals surface area (Å²) in [7, 11) is 0. The van der Waals surface area contributed by atoms with Crippen LogP contribution in [-0.4, -0.2) is 12.6 Å². The third kappa shape index (κ3) is 5.89. The van der Waals surface area contributed by atoms with Crippen LogP contribution in [0.4, 0.5) is 0 Å². The summed E-state index contributed by atoms with van der Waals surface area (Å²) in [5.74, 6) is 0. The van der Waals surface area contributed by atoms with E-state index in [-0.39, 0.29) is 0 Å². The van der Waals surface area contributed by atoms with Crippen molar-refractivity contribution in [3.05, 3.63) is 0 Å². The van der Waals surface area contributed by atoms with E-state index in [0.717, 1.165) is 6.04 Å². The van der Waals surface area contributed by atoms with Crippen LogP contribution < -0.4 is 5.32 Å². The monoisotopic (exact) mass is 225 g/mol. The topological polar surface area (TPSA) is 12.0 Å². The van der Waals surface area contributed by atoms with Gasteiger partial charge in [-0.05, 0) is 24.8 Å². The second-order valence-corrected chi connectivity index (χ2v) is 6.17. The van der Waals surface area contributed by atoms with Crippen LogP contribution in [0, 0.1) is 5.41 Å². The van der Waals surface area contributed by atoms with Gasteiger partial charge >= 0.3 is 0 Å². The molecule has 1 atom stereocenters. The van der Waals surface area contributed by atoms with Gasteiger partial charge in [-0.2, -0.15) is 0 Å². The summed E-state index contributed by atoms with van der Waals surface area (Å²) < 4.78 is 0. The maximum absolute atomic E-state index is 3.66. The molecule has 0 spiro atoms. The number of hydrogen-bond acceptors (Lipinski definition) is 1. The van der Waals surface area contributed by atoms with Crippen LogP contribution in [0.2, 0.25) is 0 Å². The maximum Gasteiger partial charge on any atom is 0.0124 e. The van der Waals surface area contributed by atoms with Gasteiger partial charge < -0.3 is 5.32 Å². The first-order valence-electron chi connectivity index (χ1n) is 7.40. The van der Waals surface area contributed by atoms with Crippen molar-refractivity contribution in [2.45, 2.75) is 84.6 Å². The molecule has 1 aliphatic rings. The van der Waals surface area contributed by atoms with Crippen molar-refractivity contribution in [3.8, 4) is 0 Å². The van der Waals surface area contributed by atoms with Crippen LogP contribution in [0.1, 0.15) is 78.6 Å². The highest BCUT2D eigenvalue weighted by atomic mass is 15.0. The van der Waals surface area contributed by atoms with E-state index in [1.54, 1.807) is 0 Å². The summed E-state index contributed by atoms with van der Waals surface area (Å²) in [6, 6.07) is 0.817. The van der Waals surface area contributed by atoms with Crippen LogP contribution in [0.25, 0.3) is 0 Å². The molecular formula is C15H31N. The van der Waals surface area contributed by atoms with E-state index in [2.05, 4.69) is 26.1 Å². The first-order chi connectivity index (χ1) is 7.67. The standard InChI is InChI=1S/C15H31N/c1-4-5-6-7-8-9-10-11-12-16-14-13-15(14,2)3/h14,16H,4-13H2,1-3H3. The van der Waals surface area contributed by atoms with Gasteiger partial charge in [0, 0.05) is 6.04 Å². The molecule has 1 heteroatoms. The van der Waals surface area contributed by atoms with Gasteiger partial charge in [-0.1, -0.05) is 65.7 Å². The fourth-order valence-corrected chi connectivity index (χ4v) is 2.35. The van der Waals surface area contributed by atoms with Gasteiger partial charge in [-0.15, -0.1) is 0 Å². The normalized spacial score (nSPS) is 22.3. The quantitative estimate of drug-likeness (QED) is 0.539. The lowest BCUT2D eigenvalue weighted by Gasteiger charge is -2.06. The highest BCUT2D eigenvalue weighted by Gasteiger charge is 2.44. The molecule has 0 aromatic heterocycles. The lowest BCUT2D eigenvalue weighted by Crippen LogP contribution is -2.21. The van der Waals surface area contributed by atoms with E-state index in [1.165, 1.54) is 64.3 Å². The summed E-state index contributed by atoms with van der Waals surface area (Å²) in [5.41, 5.74) is 0.597. The van der Waals surface area contributed by atoms with Gasteiger partial charge in [0.05, 0.1) is 0 Å². The molecule has 1 unspecified atom stereocenters. The minimum Gasteiger partial charge on any atom is -0.313 e. The lowest BCUT2D eigenvalue weighted by molar-refractivity contribution is 0.514. The molecule has 1 N–H and O–H groups in total. The summed E-state index contributed by atoms with van der Waals surface area (Å²) in [5, 5.41) is 3.66. The van der Waals surface area contributed by atoms with Crippen LogP contribution in [0.3, 0.4) is 0 Å². The number of rotatable bonds is 10. The molecule has 0 aromatic rings. The average Bonchev–Trinajstić information content (AvgIpc) is 2.84. The first kappa shape index (κ1) is 14.0. The molecule has 0 radical (unpaired) electrons. The average molecular weight is 225 g/mol. The third-order valence-electron chi connectivity index (χ3n) is 3.93. The molecule has 0 aliphatic heterocycles. The van der Waals surface area contributed by atoms with Crippen molar-refractivity contribution >= 4 is 0 Å². The molecule has 0 bridgehead atoms. The van der Waals surface area contributed by atoms with Crippen molar-refractivity contribution in [1.29, 1.82) is 0 Å². The molecule has 16 heavy (non-hydrogen) atoms. The Morgan fingerprint density at radius 2 is 1.44 bits per heavy atom. The zero-order valence-electron chi connectivity index (χ0n) is 11.6. The fourth-order valence-electron chi connectivity index (χ4n) is 2.35. The minimum absolute atomic E-state index is 0.597. The molecule has 1 fully saturated rings. The highest BCUT2D eigenvalue weighted by Crippen LogP contribution is 2.44. The molecule has 0 aromatic carbocycles. The summed E-state index contributed by atoms with van der Waals surface area (Å²) in [4.78, 5) is 0. The Bertz CT molecular complexity index is 174. The predicted octanol–water partition coefficient (Wildman–Crippen LogP) is 4.52. The zero-order valence-corrected chi connectivity index (χ0v) is 11.6. The van der Waals surface area contributed by atoms with E-state index in [9.17, 15) is 0 Å². The molecule has 96 valence electrons. The summed E-state index contributed by atoms with van der Waals surface area (Å²) in [6.45, 7) is 8.24. The minimum atomic E-state index is 0.597. The molecule has 0 amide bonds. The summed E-state index contributed by atoms with van der Waals surface area (Å²) in [6.07, 6.45) is 12.8. The van der Waals surface area contributed by atoms with E-state index in [0.29, 0.717) is 5.41 Å². The summed E-state index contributed by atoms with van der Waals surface area (Å²) >= 11 is 0. The lowest BCUT2D eigenvalue weighted by atomic mass is 10.1. The Labute approximate surface area is 102 Å². The SMILES string of the molecule is CCCCCCCCCCNC1CC1(C)C. The Hall–Kier alpha value is -0.0400. The van der Waals surface area contributed by atoms with Crippen LogP contribution in [0.15, 0.2) is 0 Å². The molecular weight excluding hydrogens is 194 g/mol. The van der Waals surface area contributed by atoms with Gasteiger partial charge in [0.25, 0.3) is 0 Å². The highest BCUT2D eigenvalue weighted by molar-refractivity contribution is 5.01. The Kier molecular flexibility index (Phi) is 6.41. The molecule has 1 saturated carbocycles. The molecule has 1 rings (SSSR count). The van der Waals surface area contributed by atoms with E-state index >= 15 is 0 Å². The molecule has 1 aliphatic carbocycles. The second kappa shape index (κ2) is 7.32. The maximum atomic E-state index is 3.66. The number of unbranched alkanes of at least 4 members (excludes halogenated alkanes) is 7. The van der Waals surface area contributed by atoms with E-state index in [1.807, 2.05) is 0 Å². The van der Waals surface area contributed by atoms with Crippen LogP contribution in [0.5, 0.6) is 0 Å². The smallest absolute Gasteiger partial charge is 0.0124 e. The van der Waals surface area contributed by atoms with E-state index in [4.69, 9.17) is 0 Å². The fraction of sp³-hybridized carbons (Fsp3) is 1.00. The van der Waals surface area contributed by atoms with Crippen molar-refractivity contribution in [1.82, 2.24) is 5.32 Å². The second-order valence-electron chi connectivity index (χ2n) is 6.17. The number of hydrogen-bond donors (Lipinski definition) is 1. The van der Waals surface area contributed by atoms with Gasteiger partial charge in [0.2, 0.25) is 0 Å². The van der Waals surface area contributed by atoms with Gasteiger partial charge in [0.15, 0.2) is 0 Å². The largest absolute Gasteiger partial charge is 0.313 e. The molecule has 0 saturated heterocycles. The van der Waals surface area contributed by atoms with Crippen LogP contribution in [-0.2, 0) is 0 Å². The zero-order chi connectivity index (χ0) is 11.9. The Morgan fingerprint density at radius 3 is 1.94 bits per heavy atom. The van der Waals surface area contributed by atoms with Crippen molar-refractivity contribution in [2.24, 2.45) is 5.41 Å². The first-order valence-corrected chi connectivity index (χ1v) is 7.40. The van der Waals surface area contributed by atoms with Crippen LogP contribution >= 0.6 is 0 Å². The van der Waals surface area contributed by atoms with Gasteiger partial charge in [-0.3, -0.25) is 0 Å². The van der Waals surface area contributed by atoms with Crippen molar-refractivity contribution < 1.29 is 0 Å². The van der Waals surface area contributed by atoms with Gasteiger partial charge in [0.1, 0.15) is 0 Å². The van der Waals surface area contributed by atoms with Gasteiger partial charge in [-0.25, -0.2) is 0 Å². The molecule has 1 nitrogen and oxygen atoms in total. The third-order valence-corrected chi connectivity index (χ3v) is 3.93. The number of nitrogens with one attached hydrogen (secondary N) is 1. The Balaban J connectivity index is 1.72. The van der Waals surface area contributed by atoms with Crippen molar-refractivity contribution in [3.63, 3.8) is 0 Å². The van der Waals surface area contributed by atoms with E-state index < -0.39 is 0 Å². The van der Waals surface area contributed by atoms with Crippen molar-refractivity contribution in [2.75, 3.05) is 6.54 Å². The Morgan fingerprint density at radius 1 is 0.938 bits per heavy atom. The molecule has 0 heterocycles. The predicted molar refractivity (Wildman–Crippen MR) is 72.8 cm³/mol.